The van der Waals surface area contributed by atoms with E-state index in [2.05, 4.69) is 4.72 Å². The van der Waals surface area contributed by atoms with Crippen LogP contribution in [0.25, 0.3) is 10.8 Å². The van der Waals surface area contributed by atoms with E-state index in [0.717, 1.165) is 42.0 Å². The van der Waals surface area contributed by atoms with Crippen LogP contribution >= 0.6 is 0 Å². The summed E-state index contributed by atoms with van der Waals surface area (Å²) in [6, 6.07) is 18.1. The minimum Gasteiger partial charge on any atom is -0.366 e. The quantitative estimate of drug-likeness (QED) is 0.542. The lowest BCUT2D eigenvalue weighted by atomic mass is 10.0. The molecule has 1 aliphatic rings. The lowest BCUT2D eigenvalue weighted by molar-refractivity contribution is -0.132. The molecule has 7 nitrogen and oxygen atoms in total. The van der Waals surface area contributed by atoms with E-state index in [1.165, 1.54) is 0 Å². The van der Waals surface area contributed by atoms with Gasteiger partial charge in [-0.3, -0.25) is 9.59 Å². The fourth-order valence-corrected chi connectivity index (χ4v) is 5.55. The Balaban J connectivity index is 1.62. The summed E-state index contributed by atoms with van der Waals surface area (Å²) >= 11 is 0. The van der Waals surface area contributed by atoms with Gasteiger partial charge in [0.25, 0.3) is 0 Å². The minimum absolute atomic E-state index is 0.115. The third-order valence-corrected chi connectivity index (χ3v) is 7.69. The van der Waals surface area contributed by atoms with Gasteiger partial charge < -0.3 is 10.6 Å². The molecule has 4 rings (SSSR count). The molecule has 1 saturated heterocycles. The molecular formula is C26H29N3O4S. The van der Waals surface area contributed by atoms with Crippen molar-refractivity contribution >= 4 is 32.6 Å². The first-order valence-corrected chi connectivity index (χ1v) is 13.0. The van der Waals surface area contributed by atoms with Crippen LogP contribution in [0.2, 0.25) is 0 Å². The second kappa shape index (κ2) is 10.4. The van der Waals surface area contributed by atoms with Crippen molar-refractivity contribution in [3.05, 3.63) is 77.9 Å². The van der Waals surface area contributed by atoms with E-state index in [-0.39, 0.29) is 17.2 Å². The second-order valence-corrected chi connectivity index (χ2v) is 10.4. The van der Waals surface area contributed by atoms with Crippen LogP contribution in [0.4, 0.5) is 0 Å². The van der Waals surface area contributed by atoms with E-state index in [0.29, 0.717) is 18.7 Å². The molecule has 1 heterocycles. The fraction of sp³-hybridized carbons (Fsp3) is 0.308. The molecule has 0 spiro atoms. The summed E-state index contributed by atoms with van der Waals surface area (Å²) in [5.74, 6) is -0.772. The fourth-order valence-electron chi connectivity index (χ4n) is 4.32. The zero-order valence-corrected chi connectivity index (χ0v) is 19.8. The first-order chi connectivity index (χ1) is 16.3. The molecule has 0 saturated carbocycles. The van der Waals surface area contributed by atoms with Gasteiger partial charge in [-0.2, -0.15) is 4.72 Å². The maximum atomic E-state index is 13.5. The van der Waals surface area contributed by atoms with Gasteiger partial charge in [-0.25, -0.2) is 8.42 Å². The first kappa shape index (κ1) is 23.9. The Hall–Kier alpha value is -3.23. The highest BCUT2D eigenvalue weighted by atomic mass is 32.2. The van der Waals surface area contributed by atoms with Gasteiger partial charge in [0.15, 0.2) is 0 Å². The number of nitrogens with zero attached hydrogens (tertiary/aromatic N) is 1. The van der Waals surface area contributed by atoms with Crippen molar-refractivity contribution in [1.29, 1.82) is 0 Å². The number of hydrogen-bond acceptors (Lipinski definition) is 4. The standard InChI is InChI=1S/C26H29N3O4S/c27-25(30)21-11-9-19(10-12-21)17-24(26(31)29-15-5-1-2-6-16-29)28-34(32,33)23-14-13-20-7-3-4-8-22(20)18-23/h3-4,7-14,18,24,28H,1-2,5-6,15-17H2,(H2,27,30). The van der Waals surface area contributed by atoms with Crippen LogP contribution in [0.15, 0.2) is 71.6 Å². The van der Waals surface area contributed by atoms with Crippen molar-refractivity contribution in [1.82, 2.24) is 9.62 Å². The number of nitrogens with two attached hydrogens (primary N) is 1. The summed E-state index contributed by atoms with van der Waals surface area (Å²) < 4.78 is 29.3. The summed E-state index contributed by atoms with van der Waals surface area (Å²) in [7, 11) is -3.96. The molecule has 0 aromatic heterocycles. The predicted octanol–water partition coefficient (Wildman–Crippen LogP) is 3.23. The van der Waals surface area contributed by atoms with Gasteiger partial charge in [-0.05, 0) is 59.9 Å². The maximum absolute atomic E-state index is 13.5. The molecule has 0 bridgehead atoms. The molecule has 3 aromatic carbocycles. The molecule has 0 radical (unpaired) electrons. The van der Waals surface area contributed by atoms with Crippen molar-refractivity contribution in [2.75, 3.05) is 13.1 Å². The van der Waals surface area contributed by atoms with E-state index in [1.54, 1.807) is 47.4 Å². The number of carbonyl (C=O) groups is 2. The minimum atomic E-state index is -3.96. The zero-order chi connectivity index (χ0) is 24.1. The number of primary amides is 1. The van der Waals surface area contributed by atoms with E-state index in [4.69, 9.17) is 5.73 Å². The van der Waals surface area contributed by atoms with E-state index in [9.17, 15) is 18.0 Å². The second-order valence-electron chi connectivity index (χ2n) is 8.69. The SMILES string of the molecule is NC(=O)c1ccc(CC(NS(=O)(=O)c2ccc3ccccc3c2)C(=O)N2CCCCCC2)cc1. The van der Waals surface area contributed by atoms with Gasteiger partial charge in [-0.1, -0.05) is 55.3 Å². The number of sulfonamides is 1. The highest BCUT2D eigenvalue weighted by Crippen LogP contribution is 2.20. The molecule has 3 aromatic rings. The molecule has 8 heteroatoms. The van der Waals surface area contributed by atoms with E-state index in [1.807, 2.05) is 24.3 Å². The number of amides is 2. The van der Waals surface area contributed by atoms with Gasteiger partial charge >= 0.3 is 0 Å². The van der Waals surface area contributed by atoms with Crippen LogP contribution < -0.4 is 10.5 Å². The number of benzene rings is 3. The van der Waals surface area contributed by atoms with Crippen LogP contribution in [-0.4, -0.2) is 44.3 Å². The zero-order valence-electron chi connectivity index (χ0n) is 18.9. The third kappa shape index (κ3) is 5.63. The van der Waals surface area contributed by atoms with Crippen LogP contribution in [0.3, 0.4) is 0 Å². The Bertz CT molecular complexity index is 1280. The number of fused-ring (bicyclic) bond motifs is 1. The lowest BCUT2D eigenvalue weighted by Crippen LogP contribution is -2.49. The first-order valence-electron chi connectivity index (χ1n) is 11.5. The molecular weight excluding hydrogens is 450 g/mol. The van der Waals surface area contributed by atoms with Gasteiger partial charge in [0.05, 0.1) is 4.90 Å². The highest BCUT2D eigenvalue weighted by Gasteiger charge is 2.30. The number of carbonyl (C=O) groups excluding carboxylic acids is 2. The Kier molecular flexibility index (Phi) is 7.29. The summed E-state index contributed by atoms with van der Waals surface area (Å²) in [4.78, 5) is 26.7. The Morgan fingerprint density at radius 1 is 0.882 bits per heavy atom. The molecule has 2 amide bonds. The Morgan fingerprint density at radius 2 is 1.53 bits per heavy atom. The van der Waals surface area contributed by atoms with Crippen LogP contribution in [-0.2, 0) is 21.2 Å². The van der Waals surface area contributed by atoms with Crippen molar-refractivity contribution in [3.8, 4) is 0 Å². The van der Waals surface area contributed by atoms with Crippen molar-refractivity contribution < 1.29 is 18.0 Å². The molecule has 3 N–H and O–H groups in total. The summed E-state index contributed by atoms with van der Waals surface area (Å²) in [5, 5.41) is 1.75. The van der Waals surface area contributed by atoms with E-state index >= 15 is 0 Å². The summed E-state index contributed by atoms with van der Waals surface area (Å²) in [6.45, 7) is 1.24. The summed E-state index contributed by atoms with van der Waals surface area (Å²) in [5.41, 5.74) is 6.41. The normalized spacial score (nSPS) is 15.6. The Labute approximate surface area is 200 Å². The topological polar surface area (TPSA) is 110 Å². The molecule has 1 aliphatic heterocycles. The van der Waals surface area contributed by atoms with Crippen LogP contribution in [0.1, 0.15) is 41.6 Å². The molecule has 34 heavy (non-hydrogen) atoms. The lowest BCUT2D eigenvalue weighted by Gasteiger charge is -2.27. The molecule has 178 valence electrons. The van der Waals surface area contributed by atoms with Crippen molar-refractivity contribution in [2.45, 2.75) is 43.0 Å². The van der Waals surface area contributed by atoms with Crippen LogP contribution in [0, 0.1) is 0 Å². The average Bonchev–Trinajstić information content (AvgIpc) is 3.13. The highest BCUT2D eigenvalue weighted by molar-refractivity contribution is 7.89. The monoisotopic (exact) mass is 479 g/mol. The molecule has 1 unspecified atom stereocenters. The average molecular weight is 480 g/mol. The smallest absolute Gasteiger partial charge is 0.248 e. The number of nitrogens with one attached hydrogen (secondary N) is 1. The van der Waals surface area contributed by atoms with Gasteiger partial charge in [0.1, 0.15) is 6.04 Å². The van der Waals surface area contributed by atoms with Gasteiger partial charge in [-0.15, -0.1) is 0 Å². The number of rotatable bonds is 7. The van der Waals surface area contributed by atoms with Gasteiger partial charge in [0, 0.05) is 18.7 Å². The predicted molar refractivity (Wildman–Crippen MR) is 132 cm³/mol. The number of hydrogen-bond donors (Lipinski definition) is 2. The van der Waals surface area contributed by atoms with Crippen molar-refractivity contribution in [3.63, 3.8) is 0 Å². The Morgan fingerprint density at radius 3 is 2.18 bits per heavy atom. The molecule has 1 atom stereocenters. The van der Waals surface area contributed by atoms with E-state index < -0.39 is 22.0 Å². The third-order valence-electron chi connectivity index (χ3n) is 6.22. The maximum Gasteiger partial charge on any atom is 0.248 e. The van der Waals surface area contributed by atoms with Gasteiger partial charge in [0.2, 0.25) is 21.8 Å². The molecule has 1 fully saturated rings. The number of likely N-dealkylation sites (tertiary alicyclic amines) is 1. The largest absolute Gasteiger partial charge is 0.366 e. The summed E-state index contributed by atoms with van der Waals surface area (Å²) in [6.07, 6.45) is 4.10. The molecule has 0 aliphatic carbocycles. The van der Waals surface area contributed by atoms with Crippen LogP contribution in [0.5, 0.6) is 0 Å². The van der Waals surface area contributed by atoms with Crippen molar-refractivity contribution in [2.24, 2.45) is 5.73 Å².